The van der Waals surface area contributed by atoms with Gasteiger partial charge in [-0.25, -0.2) is 9.59 Å². The number of non-ortho nitro benzene ring substituents is 1. The van der Waals surface area contributed by atoms with Gasteiger partial charge in [0.25, 0.3) is 16.8 Å². The van der Waals surface area contributed by atoms with Gasteiger partial charge in [0.15, 0.2) is 0 Å². The number of rotatable bonds is 8. The van der Waals surface area contributed by atoms with E-state index in [1.165, 1.54) is 52.7 Å². The van der Waals surface area contributed by atoms with Gasteiger partial charge in [0, 0.05) is 37.1 Å². The maximum Gasteiger partial charge on any atom is 0.352 e. The van der Waals surface area contributed by atoms with Crippen LogP contribution in [0.3, 0.4) is 0 Å². The molecule has 2 aromatic rings. The van der Waals surface area contributed by atoms with E-state index in [0.717, 1.165) is 0 Å². The minimum atomic E-state index is -1.22. The molecule has 1 unspecified atom stereocenters. The zero-order valence-electron chi connectivity index (χ0n) is 17.6. The number of carboxylic acid groups (broad SMARTS) is 1. The highest BCUT2D eigenvalue weighted by atomic mass is 32.2. The molecule has 2 atom stereocenters. The zero-order valence-corrected chi connectivity index (χ0v) is 19.2. The van der Waals surface area contributed by atoms with Gasteiger partial charge >= 0.3 is 12.0 Å². The average Bonchev–Trinajstić information content (AvgIpc) is 3.24. The van der Waals surface area contributed by atoms with Crippen LogP contribution in [-0.2, 0) is 16.1 Å². The van der Waals surface area contributed by atoms with Crippen LogP contribution in [0.5, 0.6) is 0 Å². The molecule has 3 N–H and O–H groups in total. The van der Waals surface area contributed by atoms with Gasteiger partial charge in [-0.1, -0.05) is 23.9 Å². The summed E-state index contributed by atoms with van der Waals surface area (Å²) < 4.78 is 5.28. The number of fused-ring (bicyclic) bond motifs is 1. The number of nitro benzene ring substituents is 1. The Morgan fingerprint density at radius 3 is 2.71 bits per heavy atom. The Kier molecular flexibility index (Phi) is 6.74. The predicted octanol–water partition coefficient (Wildman–Crippen LogP) is 1.50. The first-order chi connectivity index (χ1) is 16.2. The van der Waals surface area contributed by atoms with E-state index in [0.29, 0.717) is 28.0 Å². The minimum absolute atomic E-state index is 0.0602. The van der Waals surface area contributed by atoms with Gasteiger partial charge < -0.3 is 20.2 Å². The molecule has 1 aromatic heterocycles. The van der Waals surface area contributed by atoms with Crippen LogP contribution in [-0.4, -0.2) is 66.0 Å². The summed E-state index contributed by atoms with van der Waals surface area (Å²) in [5, 5.41) is 33.0. The number of nitrogens with one attached hydrogen (secondary N) is 2. The fourth-order valence-corrected chi connectivity index (χ4v) is 5.68. The van der Waals surface area contributed by atoms with Crippen LogP contribution in [0.15, 0.2) is 45.2 Å². The number of thioether (sulfide) groups is 2. The summed E-state index contributed by atoms with van der Waals surface area (Å²) in [5.74, 6) is -0.723. The smallest absolute Gasteiger partial charge is 0.352 e. The van der Waals surface area contributed by atoms with Crippen LogP contribution in [0.25, 0.3) is 0 Å². The number of aromatic nitrogens is 2. The largest absolute Gasteiger partial charge is 0.477 e. The fraction of sp³-hybridized carbons (Fsp3) is 0.316. The van der Waals surface area contributed by atoms with E-state index < -0.39 is 34.2 Å². The maximum atomic E-state index is 12.7. The number of nitro groups is 1. The molecular formula is C19H18N6O7S2. The predicted molar refractivity (Wildman–Crippen MR) is 120 cm³/mol. The number of urea groups is 1. The Hall–Kier alpha value is -3.59. The van der Waals surface area contributed by atoms with Crippen molar-refractivity contribution in [1.29, 1.82) is 0 Å². The summed E-state index contributed by atoms with van der Waals surface area (Å²) in [5.41, 5.74) is 1.03. The molecule has 34 heavy (non-hydrogen) atoms. The quantitative estimate of drug-likeness (QED) is 0.204. The third kappa shape index (κ3) is 4.84. The topological polar surface area (TPSA) is 181 Å². The van der Waals surface area contributed by atoms with Crippen LogP contribution in [0.2, 0.25) is 0 Å². The summed E-state index contributed by atoms with van der Waals surface area (Å²) in [6.45, 7) is 1.75. The Morgan fingerprint density at radius 1 is 1.35 bits per heavy atom. The van der Waals surface area contributed by atoms with Gasteiger partial charge in [-0.3, -0.25) is 19.8 Å². The number of nitrogens with zero attached hydrogens (tertiary/aromatic N) is 4. The van der Waals surface area contributed by atoms with Crippen molar-refractivity contribution >= 4 is 47.1 Å². The average molecular weight is 507 g/mol. The van der Waals surface area contributed by atoms with E-state index in [1.54, 1.807) is 6.92 Å². The summed E-state index contributed by atoms with van der Waals surface area (Å²) in [7, 11) is 0. The second-order valence-electron chi connectivity index (χ2n) is 7.27. The van der Waals surface area contributed by atoms with Crippen molar-refractivity contribution in [3.63, 3.8) is 0 Å². The van der Waals surface area contributed by atoms with E-state index in [9.17, 15) is 29.6 Å². The molecule has 0 saturated carbocycles. The third-order valence-corrected chi connectivity index (χ3v) is 7.26. The molecule has 178 valence electrons. The van der Waals surface area contributed by atoms with E-state index in [4.69, 9.17) is 4.42 Å². The monoisotopic (exact) mass is 506 g/mol. The van der Waals surface area contributed by atoms with Crippen molar-refractivity contribution in [2.45, 2.75) is 30.1 Å². The third-order valence-electron chi connectivity index (χ3n) is 5.01. The molecule has 0 radical (unpaired) electrons. The lowest BCUT2D eigenvalue weighted by Gasteiger charge is -2.49. The highest BCUT2D eigenvalue weighted by molar-refractivity contribution is 8.01. The normalized spacial score (nSPS) is 19.3. The number of carbonyl (C=O) groups is 3. The second-order valence-corrected chi connectivity index (χ2v) is 9.30. The van der Waals surface area contributed by atoms with E-state index in [2.05, 4.69) is 20.8 Å². The molecule has 13 nitrogen and oxygen atoms in total. The number of aryl methyl sites for hydroxylation is 1. The van der Waals surface area contributed by atoms with Crippen LogP contribution < -0.4 is 10.6 Å². The SMILES string of the molecule is Cc1nnc(SCC2=C(C(=O)O)N3C(=O)C(NC(=O)NCc4ccc([N+](=O)[O-])cc4)[C@@H]3SC2)o1. The van der Waals surface area contributed by atoms with Crippen LogP contribution in [0, 0.1) is 17.0 Å². The summed E-state index contributed by atoms with van der Waals surface area (Å²) >= 11 is 2.54. The molecule has 0 bridgehead atoms. The molecule has 2 aliphatic heterocycles. The molecule has 1 saturated heterocycles. The van der Waals surface area contributed by atoms with Gasteiger partial charge in [0.1, 0.15) is 17.1 Å². The van der Waals surface area contributed by atoms with Gasteiger partial charge in [-0.2, -0.15) is 0 Å². The zero-order chi connectivity index (χ0) is 24.4. The molecule has 15 heteroatoms. The van der Waals surface area contributed by atoms with Crippen LogP contribution in [0.4, 0.5) is 10.5 Å². The van der Waals surface area contributed by atoms with Crippen LogP contribution in [0.1, 0.15) is 11.5 Å². The highest BCUT2D eigenvalue weighted by Gasteiger charge is 2.54. The first kappa shape index (κ1) is 23.6. The molecule has 4 rings (SSSR count). The molecule has 3 heterocycles. The van der Waals surface area contributed by atoms with Crippen molar-refractivity contribution < 1.29 is 28.8 Å². The lowest BCUT2D eigenvalue weighted by Crippen LogP contribution is -2.71. The maximum absolute atomic E-state index is 12.7. The van der Waals surface area contributed by atoms with E-state index in [1.807, 2.05) is 0 Å². The standard InChI is InChI=1S/C19H18N6O7S2/c1-9-22-23-19(32-9)34-8-11-7-33-16-13(15(26)24(16)14(11)17(27)28)21-18(29)20-6-10-2-4-12(5-3-10)25(30)31/h2-5,13,16H,6-8H2,1H3,(H,27,28)(H2,20,21,29)/t13?,16-/m0/s1. The van der Waals surface area contributed by atoms with Crippen LogP contribution >= 0.6 is 23.5 Å². The Labute approximate surface area is 200 Å². The number of aliphatic carboxylic acids is 1. The first-order valence-corrected chi connectivity index (χ1v) is 11.9. The van der Waals surface area contributed by atoms with Gasteiger partial charge in [0.2, 0.25) is 5.89 Å². The number of carboxylic acids is 1. The van der Waals surface area contributed by atoms with Crippen molar-refractivity contribution in [2.75, 3.05) is 11.5 Å². The second kappa shape index (κ2) is 9.72. The molecule has 3 amide bonds. The number of amides is 3. The summed E-state index contributed by atoms with van der Waals surface area (Å²) in [4.78, 5) is 48.3. The molecule has 1 aromatic carbocycles. The Balaban J connectivity index is 1.35. The molecular weight excluding hydrogens is 488 g/mol. The first-order valence-electron chi connectivity index (χ1n) is 9.85. The molecule has 1 fully saturated rings. The summed E-state index contributed by atoms with van der Waals surface area (Å²) in [6.07, 6.45) is 0. The van der Waals surface area contributed by atoms with E-state index in [-0.39, 0.29) is 23.7 Å². The lowest BCUT2D eigenvalue weighted by molar-refractivity contribution is -0.384. The van der Waals surface area contributed by atoms with Gasteiger partial charge in [0.05, 0.1) is 4.92 Å². The van der Waals surface area contributed by atoms with Crippen molar-refractivity contribution in [2.24, 2.45) is 0 Å². The minimum Gasteiger partial charge on any atom is -0.477 e. The number of β-lactam (4-membered cyclic amide) rings is 1. The summed E-state index contributed by atoms with van der Waals surface area (Å²) in [6, 6.07) is 4.22. The Morgan fingerprint density at radius 2 is 2.09 bits per heavy atom. The number of hydrogen-bond acceptors (Lipinski definition) is 10. The van der Waals surface area contributed by atoms with Crippen molar-refractivity contribution in [3.8, 4) is 0 Å². The number of carbonyl (C=O) groups excluding carboxylic acids is 2. The highest BCUT2D eigenvalue weighted by Crippen LogP contribution is 2.41. The van der Waals surface area contributed by atoms with Crippen molar-refractivity contribution in [3.05, 3.63) is 57.1 Å². The molecule has 0 spiro atoms. The van der Waals surface area contributed by atoms with Crippen molar-refractivity contribution in [1.82, 2.24) is 25.7 Å². The van der Waals surface area contributed by atoms with E-state index >= 15 is 0 Å². The number of benzene rings is 1. The van der Waals surface area contributed by atoms with Gasteiger partial charge in [-0.15, -0.1) is 22.0 Å². The fourth-order valence-electron chi connectivity index (χ4n) is 3.39. The van der Waals surface area contributed by atoms with Gasteiger partial charge in [-0.05, 0) is 11.1 Å². The molecule has 2 aliphatic rings. The lowest BCUT2D eigenvalue weighted by atomic mass is 10.0. The number of hydrogen-bond donors (Lipinski definition) is 3. The molecule has 0 aliphatic carbocycles. The Bertz CT molecular complexity index is 1180.